The van der Waals surface area contributed by atoms with E-state index in [0.29, 0.717) is 12.4 Å². The van der Waals surface area contributed by atoms with Gasteiger partial charge in [0.05, 0.1) is 4.90 Å². The van der Waals surface area contributed by atoms with E-state index in [1.54, 1.807) is 0 Å². The molecule has 0 bridgehead atoms. The van der Waals surface area contributed by atoms with Crippen molar-refractivity contribution in [1.82, 2.24) is 9.71 Å². The van der Waals surface area contributed by atoms with E-state index >= 15 is 0 Å². The third-order valence-corrected chi connectivity index (χ3v) is 4.93. The molecule has 0 unspecified atom stereocenters. The number of hydrogen-bond donors (Lipinski definition) is 3. The summed E-state index contributed by atoms with van der Waals surface area (Å²) in [4.78, 5) is 4.06. The molecule has 1 aliphatic carbocycles. The highest BCUT2D eigenvalue weighted by Gasteiger charge is 2.41. The molecule has 1 aliphatic rings. The number of pyridine rings is 1. The fourth-order valence-corrected chi connectivity index (χ4v) is 2.99. The maximum atomic E-state index is 12.1. The Morgan fingerprint density at radius 1 is 1.50 bits per heavy atom. The van der Waals surface area contributed by atoms with Gasteiger partial charge in [-0.05, 0) is 30.7 Å². The molecule has 4 N–H and O–H groups in total. The zero-order chi connectivity index (χ0) is 13.2. The minimum atomic E-state index is -3.48. The van der Waals surface area contributed by atoms with E-state index in [4.69, 9.17) is 5.84 Å². The molecular weight excluding hydrogens is 252 g/mol. The van der Waals surface area contributed by atoms with Crippen LogP contribution in [-0.2, 0) is 10.0 Å². The largest absolute Gasteiger partial charge is 0.308 e. The molecule has 1 fully saturated rings. The van der Waals surface area contributed by atoms with Crippen LogP contribution >= 0.6 is 0 Å². The SMILES string of the molecule is CCC1(CNS(=O)(=O)c2ccnc(NN)c2)CC1. The van der Waals surface area contributed by atoms with E-state index in [9.17, 15) is 8.42 Å². The van der Waals surface area contributed by atoms with Crippen LogP contribution in [0.2, 0.25) is 0 Å². The van der Waals surface area contributed by atoms with Gasteiger partial charge >= 0.3 is 0 Å². The highest BCUT2D eigenvalue weighted by molar-refractivity contribution is 7.89. The highest BCUT2D eigenvalue weighted by atomic mass is 32.2. The molecule has 0 radical (unpaired) electrons. The topological polar surface area (TPSA) is 97.1 Å². The van der Waals surface area contributed by atoms with E-state index in [1.807, 2.05) is 0 Å². The average molecular weight is 270 g/mol. The van der Waals surface area contributed by atoms with Crippen LogP contribution in [0, 0.1) is 5.41 Å². The summed E-state index contributed by atoms with van der Waals surface area (Å²) in [7, 11) is -3.48. The summed E-state index contributed by atoms with van der Waals surface area (Å²) in [5.41, 5.74) is 2.51. The Hall–Kier alpha value is -1.18. The predicted octanol–water partition coefficient (Wildman–Crippen LogP) is 0.836. The Kier molecular flexibility index (Phi) is 3.56. The average Bonchev–Trinajstić information content (AvgIpc) is 3.17. The lowest BCUT2D eigenvalue weighted by Crippen LogP contribution is -2.30. The van der Waals surface area contributed by atoms with Crippen molar-refractivity contribution in [2.45, 2.75) is 31.1 Å². The van der Waals surface area contributed by atoms with Crippen molar-refractivity contribution in [2.24, 2.45) is 11.3 Å². The Bertz CT molecular complexity index is 526. The number of nitrogens with two attached hydrogens (primary N) is 1. The van der Waals surface area contributed by atoms with Gasteiger partial charge in [0.15, 0.2) is 0 Å². The standard InChI is InChI=1S/C11H18N4O2S/c1-2-11(4-5-11)8-14-18(16,17)9-3-6-13-10(7-9)15-12/h3,6-7,14H,2,4-5,8,12H2,1H3,(H,13,15). The second-order valence-electron chi connectivity index (χ2n) is 4.70. The van der Waals surface area contributed by atoms with Crippen LogP contribution in [0.25, 0.3) is 0 Å². The van der Waals surface area contributed by atoms with Crippen LogP contribution in [0.3, 0.4) is 0 Å². The van der Waals surface area contributed by atoms with Gasteiger partial charge in [0.1, 0.15) is 5.82 Å². The first kappa shape index (κ1) is 13.3. The summed E-state index contributed by atoms with van der Waals surface area (Å²) in [5, 5.41) is 0. The molecule has 0 atom stereocenters. The Balaban J connectivity index is 2.10. The van der Waals surface area contributed by atoms with Gasteiger partial charge in [0.2, 0.25) is 10.0 Å². The minimum absolute atomic E-state index is 0.176. The van der Waals surface area contributed by atoms with E-state index < -0.39 is 10.0 Å². The zero-order valence-electron chi connectivity index (χ0n) is 10.3. The lowest BCUT2D eigenvalue weighted by Gasteiger charge is -2.14. The summed E-state index contributed by atoms with van der Waals surface area (Å²) in [6, 6.07) is 2.86. The molecule has 0 aliphatic heterocycles. The number of anilines is 1. The number of hydrazine groups is 1. The number of sulfonamides is 1. The van der Waals surface area contributed by atoms with Crippen LogP contribution in [0.5, 0.6) is 0 Å². The lowest BCUT2D eigenvalue weighted by atomic mass is 10.1. The zero-order valence-corrected chi connectivity index (χ0v) is 11.1. The molecule has 0 spiro atoms. The first-order chi connectivity index (χ1) is 8.51. The molecule has 1 aromatic rings. The third-order valence-electron chi connectivity index (χ3n) is 3.53. The van der Waals surface area contributed by atoms with Crippen molar-refractivity contribution in [3.05, 3.63) is 18.3 Å². The number of nitrogens with one attached hydrogen (secondary N) is 2. The smallest absolute Gasteiger partial charge is 0.240 e. The molecule has 2 rings (SSSR count). The van der Waals surface area contributed by atoms with E-state index in [-0.39, 0.29) is 10.3 Å². The summed E-state index contributed by atoms with van der Waals surface area (Å²) >= 11 is 0. The molecule has 100 valence electrons. The predicted molar refractivity (Wildman–Crippen MR) is 69.2 cm³/mol. The van der Waals surface area contributed by atoms with Gasteiger partial charge < -0.3 is 5.43 Å². The van der Waals surface area contributed by atoms with Crippen LogP contribution in [0.4, 0.5) is 5.82 Å². The molecule has 6 nitrogen and oxygen atoms in total. The van der Waals surface area contributed by atoms with Gasteiger partial charge in [0, 0.05) is 18.8 Å². The van der Waals surface area contributed by atoms with Gasteiger partial charge in [-0.3, -0.25) is 0 Å². The molecular formula is C11H18N4O2S. The summed E-state index contributed by atoms with van der Waals surface area (Å²) in [5.74, 6) is 5.54. The van der Waals surface area contributed by atoms with Crippen molar-refractivity contribution in [2.75, 3.05) is 12.0 Å². The molecule has 0 amide bonds. The van der Waals surface area contributed by atoms with Crippen LogP contribution in [-0.4, -0.2) is 19.9 Å². The summed E-state index contributed by atoms with van der Waals surface area (Å²) < 4.78 is 26.8. The fourth-order valence-electron chi connectivity index (χ4n) is 1.82. The quantitative estimate of drug-likeness (QED) is 0.525. The highest BCUT2D eigenvalue weighted by Crippen LogP contribution is 2.48. The number of aromatic nitrogens is 1. The van der Waals surface area contributed by atoms with Gasteiger partial charge in [-0.2, -0.15) is 0 Å². The third kappa shape index (κ3) is 2.80. The monoisotopic (exact) mass is 270 g/mol. The van der Waals surface area contributed by atoms with Gasteiger partial charge in [-0.15, -0.1) is 0 Å². The van der Waals surface area contributed by atoms with Gasteiger partial charge in [-0.1, -0.05) is 6.92 Å². The molecule has 1 heterocycles. The van der Waals surface area contributed by atoms with E-state index in [1.165, 1.54) is 18.3 Å². The van der Waals surface area contributed by atoms with Crippen molar-refractivity contribution >= 4 is 15.8 Å². The first-order valence-corrected chi connectivity index (χ1v) is 7.42. The molecule has 0 saturated heterocycles. The molecule has 18 heavy (non-hydrogen) atoms. The van der Waals surface area contributed by atoms with Gasteiger partial charge in [-0.25, -0.2) is 24.0 Å². The van der Waals surface area contributed by atoms with Gasteiger partial charge in [0.25, 0.3) is 0 Å². The van der Waals surface area contributed by atoms with Crippen LogP contribution < -0.4 is 16.0 Å². The Morgan fingerprint density at radius 3 is 2.78 bits per heavy atom. The number of rotatable bonds is 6. The lowest BCUT2D eigenvalue weighted by molar-refractivity contribution is 0.475. The normalized spacial score (nSPS) is 17.4. The van der Waals surface area contributed by atoms with Crippen molar-refractivity contribution in [1.29, 1.82) is 0 Å². The Labute approximate surface area is 107 Å². The van der Waals surface area contributed by atoms with Crippen LogP contribution in [0.1, 0.15) is 26.2 Å². The number of nitrogens with zero attached hydrogens (tertiary/aromatic N) is 1. The maximum absolute atomic E-state index is 12.1. The molecule has 0 aromatic carbocycles. The first-order valence-electron chi connectivity index (χ1n) is 5.94. The maximum Gasteiger partial charge on any atom is 0.240 e. The van der Waals surface area contributed by atoms with Crippen molar-refractivity contribution < 1.29 is 8.42 Å². The fraction of sp³-hybridized carbons (Fsp3) is 0.545. The second kappa shape index (κ2) is 4.83. The van der Waals surface area contributed by atoms with Crippen molar-refractivity contribution in [3.63, 3.8) is 0 Å². The second-order valence-corrected chi connectivity index (χ2v) is 6.47. The van der Waals surface area contributed by atoms with Crippen LogP contribution in [0.15, 0.2) is 23.2 Å². The number of nitrogen functional groups attached to an aromatic ring is 1. The van der Waals surface area contributed by atoms with E-state index in [2.05, 4.69) is 22.1 Å². The van der Waals surface area contributed by atoms with E-state index in [0.717, 1.165) is 19.3 Å². The summed E-state index contributed by atoms with van der Waals surface area (Å²) in [6.45, 7) is 2.59. The molecule has 7 heteroatoms. The molecule has 1 aromatic heterocycles. The van der Waals surface area contributed by atoms with Crippen molar-refractivity contribution in [3.8, 4) is 0 Å². The molecule has 1 saturated carbocycles. The Morgan fingerprint density at radius 2 is 2.22 bits per heavy atom. The summed E-state index contributed by atoms with van der Waals surface area (Å²) in [6.07, 6.45) is 4.61. The number of hydrogen-bond acceptors (Lipinski definition) is 5. The minimum Gasteiger partial charge on any atom is -0.308 e.